The molecule has 0 aliphatic carbocycles. The highest BCUT2D eigenvalue weighted by Gasteiger charge is 2.06. The predicted molar refractivity (Wildman–Crippen MR) is 70.0 cm³/mol. The number of carbonyl (C=O) groups is 1. The number of carboxylic acid groups (broad SMARTS) is 1. The zero-order valence-corrected chi connectivity index (χ0v) is 10.0. The second-order valence-electron chi connectivity index (χ2n) is 4.26. The molecule has 0 atom stereocenters. The lowest BCUT2D eigenvalue weighted by Gasteiger charge is -2.03. The summed E-state index contributed by atoms with van der Waals surface area (Å²) < 4.78 is 1.61. The topological polar surface area (TPSA) is 68.0 Å². The predicted octanol–water partition coefficient (Wildman–Crippen LogP) is 2.18. The average Bonchev–Trinajstić information content (AvgIpc) is 2.87. The van der Waals surface area contributed by atoms with E-state index in [0.717, 1.165) is 16.5 Å². The van der Waals surface area contributed by atoms with Gasteiger partial charge in [0.1, 0.15) is 0 Å². The Kier molecular flexibility index (Phi) is 2.72. The fourth-order valence-corrected chi connectivity index (χ4v) is 1.97. The van der Waals surface area contributed by atoms with Crippen LogP contribution in [0.1, 0.15) is 15.9 Å². The molecule has 0 aliphatic rings. The first-order valence-electron chi connectivity index (χ1n) is 5.82. The van der Waals surface area contributed by atoms with Crippen LogP contribution in [0.2, 0.25) is 0 Å². The van der Waals surface area contributed by atoms with Crippen LogP contribution in [0.5, 0.6) is 0 Å². The Labute approximate surface area is 109 Å². The molecule has 0 spiro atoms. The molecule has 0 fully saturated rings. The Bertz CT molecular complexity index is 749. The standard InChI is InChI=1S/C14H11N3O2/c18-14(19)12-7-16-17(9-12)8-10-3-4-13-11(6-10)2-1-5-15-13/h1-7,9H,8H2,(H,18,19). The second kappa shape index (κ2) is 4.53. The van der Waals surface area contributed by atoms with Crippen molar-refractivity contribution in [3.05, 3.63) is 60.0 Å². The van der Waals surface area contributed by atoms with E-state index in [2.05, 4.69) is 10.1 Å². The van der Waals surface area contributed by atoms with Crippen LogP contribution in [0.4, 0.5) is 0 Å². The van der Waals surface area contributed by atoms with E-state index in [1.54, 1.807) is 10.9 Å². The molecule has 19 heavy (non-hydrogen) atoms. The van der Waals surface area contributed by atoms with Gasteiger partial charge in [-0.15, -0.1) is 0 Å². The third-order valence-electron chi connectivity index (χ3n) is 2.89. The van der Waals surface area contributed by atoms with Crippen molar-refractivity contribution in [1.82, 2.24) is 14.8 Å². The van der Waals surface area contributed by atoms with Crippen molar-refractivity contribution < 1.29 is 9.90 Å². The summed E-state index contributed by atoms with van der Waals surface area (Å²) in [7, 11) is 0. The minimum atomic E-state index is -0.964. The summed E-state index contributed by atoms with van der Waals surface area (Å²) in [6.45, 7) is 0.540. The molecule has 2 heterocycles. The molecule has 0 saturated carbocycles. The lowest BCUT2D eigenvalue weighted by Crippen LogP contribution is -2.00. The quantitative estimate of drug-likeness (QED) is 0.776. The van der Waals surface area contributed by atoms with Crippen LogP contribution in [-0.2, 0) is 6.54 Å². The highest BCUT2D eigenvalue weighted by molar-refractivity contribution is 5.86. The van der Waals surface area contributed by atoms with Crippen molar-refractivity contribution in [2.75, 3.05) is 0 Å². The van der Waals surface area contributed by atoms with E-state index in [-0.39, 0.29) is 5.56 Å². The van der Waals surface area contributed by atoms with Crippen LogP contribution in [0.15, 0.2) is 48.9 Å². The highest BCUT2D eigenvalue weighted by atomic mass is 16.4. The molecule has 94 valence electrons. The zero-order chi connectivity index (χ0) is 13.2. The van der Waals surface area contributed by atoms with E-state index in [1.165, 1.54) is 12.4 Å². The zero-order valence-electron chi connectivity index (χ0n) is 10.0. The van der Waals surface area contributed by atoms with Crippen LogP contribution in [-0.4, -0.2) is 25.8 Å². The summed E-state index contributed by atoms with van der Waals surface area (Å²) in [6.07, 6.45) is 4.63. The summed E-state index contributed by atoms with van der Waals surface area (Å²) in [6, 6.07) is 9.84. The Hall–Kier alpha value is -2.69. The van der Waals surface area contributed by atoms with E-state index in [4.69, 9.17) is 5.11 Å². The number of hydrogen-bond acceptors (Lipinski definition) is 3. The van der Waals surface area contributed by atoms with Gasteiger partial charge in [0.25, 0.3) is 0 Å². The molecule has 3 rings (SSSR count). The van der Waals surface area contributed by atoms with Crippen molar-refractivity contribution in [2.24, 2.45) is 0 Å². The average molecular weight is 253 g/mol. The van der Waals surface area contributed by atoms with Crippen molar-refractivity contribution >= 4 is 16.9 Å². The third-order valence-corrected chi connectivity index (χ3v) is 2.89. The molecule has 1 N–H and O–H groups in total. The highest BCUT2D eigenvalue weighted by Crippen LogP contribution is 2.14. The van der Waals surface area contributed by atoms with Gasteiger partial charge in [0.15, 0.2) is 0 Å². The van der Waals surface area contributed by atoms with Gasteiger partial charge in [0.2, 0.25) is 0 Å². The number of benzene rings is 1. The first kappa shape index (κ1) is 11.4. The van der Waals surface area contributed by atoms with E-state index in [1.807, 2.05) is 30.3 Å². The fraction of sp³-hybridized carbons (Fsp3) is 0.0714. The van der Waals surface area contributed by atoms with Gasteiger partial charge in [-0.2, -0.15) is 5.10 Å². The summed E-state index contributed by atoms with van der Waals surface area (Å²) in [5.41, 5.74) is 2.20. The van der Waals surface area contributed by atoms with Gasteiger partial charge in [0, 0.05) is 17.8 Å². The Morgan fingerprint density at radius 3 is 3.00 bits per heavy atom. The summed E-state index contributed by atoms with van der Waals surface area (Å²) in [5, 5.41) is 13.9. The number of hydrogen-bond donors (Lipinski definition) is 1. The molecule has 0 radical (unpaired) electrons. The van der Waals surface area contributed by atoms with Crippen molar-refractivity contribution in [1.29, 1.82) is 0 Å². The molecule has 1 aromatic carbocycles. The monoisotopic (exact) mass is 253 g/mol. The summed E-state index contributed by atoms with van der Waals surface area (Å²) in [5.74, 6) is -0.964. The van der Waals surface area contributed by atoms with Gasteiger partial charge in [-0.3, -0.25) is 9.67 Å². The minimum Gasteiger partial charge on any atom is -0.478 e. The van der Waals surface area contributed by atoms with Crippen LogP contribution in [0, 0.1) is 0 Å². The molecule has 5 nitrogen and oxygen atoms in total. The maximum Gasteiger partial charge on any atom is 0.338 e. The van der Waals surface area contributed by atoms with Gasteiger partial charge < -0.3 is 5.11 Å². The second-order valence-corrected chi connectivity index (χ2v) is 4.26. The molecular formula is C14H11N3O2. The lowest BCUT2D eigenvalue weighted by molar-refractivity contribution is 0.0697. The van der Waals surface area contributed by atoms with Crippen molar-refractivity contribution in [3.8, 4) is 0 Å². The van der Waals surface area contributed by atoms with E-state index < -0.39 is 5.97 Å². The lowest BCUT2D eigenvalue weighted by atomic mass is 10.1. The van der Waals surface area contributed by atoms with Crippen LogP contribution < -0.4 is 0 Å². The molecule has 2 aromatic heterocycles. The molecule has 5 heteroatoms. The number of carboxylic acids is 1. The molecule has 0 amide bonds. The molecule has 3 aromatic rings. The third kappa shape index (κ3) is 2.30. The Morgan fingerprint density at radius 1 is 1.32 bits per heavy atom. The Balaban J connectivity index is 1.89. The van der Waals surface area contributed by atoms with Gasteiger partial charge >= 0.3 is 5.97 Å². The molecular weight excluding hydrogens is 242 g/mol. The fourth-order valence-electron chi connectivity index (χ4n) is 1.97. The number of aromatic carboxylic acids is 1. The SMILES string of the molecule is O=C(O)c1cnn(Cc2ccc3ncccc3c2)c1. The van der Waals surface area contributed by atoms with Gasteiger partial charge in [-0.05, 0) is 23.8 Å². The molecule has 0 aliphatic heterocycles. The smallest absolute Gasteiger partial charge is 0.338 e. The number of fused-ring (bicyclic) bond motifs is 1. The van der Waals surface area contributed by atoms with E-state index in [9.17, 15) is 4.79 Å². The molecule has 0 saturated heterocycles. The Morgan fingerprint density at radius 2 is 2.21 bits per heavy atom. The van der Waals surface area contributed by atoms with Crippen molar-refractivity contribution in [3.63, 3.8) is 0 Å². The number of rotatable bonds is 3. The minimum absolute atomic E-state index is 0.197. The first-order chi connectivity index (χ1) is 9.22. The largest absolute Gasteiger partial charge is 0.478 e. The van der Waals surface area contributed by atoms with Gasteiger partial charge in [0.05, 0.1) is 23.8 Å². The maximum atomic E-state index is 10.8. The van der Waals surface area contributed by atoms with E-state index in [0.29, 0.717) is 6.54 Å². The molecule has 0 unspecified atom stereocenters. The van der Waals surface area contributed by atoms with Gasteiger partial charge in [-0.1, -0.05) is 12.1 Å². The first-order valence-corrected chi connectivity index (χ1v) is 5.82. The summed E-state index contributed by atoms with van der Waals surface area (Å²) >= 11 is 0. The summed E-state index contributed by atoms with van der Waals surface area (Å²) in [4.78, 5) is 15.0. The van der Waals surface area contributed by atoms with Crippen LogP contribution >= 0.6 is 0 Å². The number of nitrogens with zero attached hydrogens (tertiary/aromatic N) is 3. The van der Waals surface area contributed by atoms with Crippen LogP contribution in [0.25, 0.3) is 10.9 Å². The number of pyridine rings is 1. The van der Waals surface area contributed by atoms with E-state index >= 15 is 0 Å². The van der Waals surface area contributed by atoms with Crippen LogP contribution in [0.3, 0.4) is 0 Å². The maximum absolute atomic E-state index is 10.8. The number of aromatic nitrogens is 3. The van der Waals surface area contributed by atoms with Crippen molar-refractivity contribution in [2.45, 2.75) is 6.54 Å². The molecule has 0 bridgehead atoms. The normalized spacial score (nSPS) is 10.7. The van der Waals surface area contributed by atoms with Gasteiger partial charge in [-0.25, -0.2) is 4.79 Å².